The van der Waals surface area contributed by atoms with E-state index in [0.717, 1.165) is 42.8 Å². The SMILES string of the molecule is [C-]#[N+]/C(=C\c1ccc(-c2ccc(N(c3ccc(-c4ccc(/C=C(\C#N)OC=O)s4)cc3)c3ccc4c(c3)C(C)(C)c3cc(C)ccc3-4)cc2)s1)C(=O)O. The molecule has 7 nitrogen and oxygen atoms in total. The molecule has 258 valence electrons. The maximum absolute atomic E-state index is 11.4. The number of aryl methyl sites for hydroxylation is 1. The molecule has 0 atom stereocenters. The molecule has 0 saturated carbocycles. The number of carboxylic acid groups (broad SMARTS) is 1. The third kappa shape index (κ3) is 6.80. The Bertz CT molecular complexity index is 2540. The molecule has 1 aliphatic carbocycles. The fourth-order valence-electron chi connectivity index (χ4n) is 6.70. The van der Waals surface area contributed by atoms with Gasteiger partial charge >= 0.3 is 5.97 Å². The van der Waals surface area contributed by atoms with Crippen LogP contribution in [-0.2, 0) is 19.7 Å². The Morgan fingerprint density at radius 3 is 1.85 bits per heavy atom. The van der Waals surface area contributed by atoms with Gasteiger partial charge in [0, 0.05) is 48.1 Å². The molecule has 1 aliphatic rings. The highest BCUT2D eigenvalue weighted by atomic mass is 32.1. The smallest absolute Gasteiger partial charge is 0.333 e. The van der Waals surface area contributed by atoms with Gasteiger partial charge in [0.25, 0.3) is 12.2 Å². The molecule has 0 radical (unpaired) electrons. The number of rotatable bonds is 10. The van der Waals surface area contributed by atoms with Crippen LogP contribution in [0, 0.1) is 24.8 Å². The number of hydrogen-bond donors (Lipinski definition) is 1. The minimum atomic E-state index is -1.24. The first kappa shape index (κ1) is 34.9. The van der Waals surface area contributed by atoms with Crippen molar-refractivity contribution in [3.05, 3.63) is 159 Å². The van der Waals surface area contributed by atoms with Crippen molar-refractivity contribution in [3.8, 4) is 38.1 Å². The van der Waals surface area contributed by atoms with Crippen LogP contribution in [-0.4, -0.2) is 17.5 Å². The molecule has 9 heteroatoms. The lowest BCUT2D eigenvalue weighted by Gasteiger charge is -2.28. The van der Waals surface area contributed by atoms with Crippen LogP contribution in [0.15, 0.2) is 121 Å². The summed E-state index contributed by atoms with van der Waals surface area (Å²) in [4.78, 5) is 30.9. The summed E-state index contributed by atoms with van der Waals surface area (Å²) in [6, 6.07) is 39.6. The zero-order valence-corrected chi connectivity index (χ0v) is 30.6. The van der Waals surface area contributed by atoms with E-state index in [0.29, 0.717) is 4.88 Å². The third-order valence-electron chi connectivity index (χ3n) is 9.32. The molecule has 0 aliphatic heterocycles. The van der Waals surface area contributed by atoms with Crippen molar-refractivity contribution >= 4 is 64.3 Å². The molecule has 7 rings (SSSR count). The molecule has 4 aromatic carbocycles. The molecule has 1 N–H and O–H groups in total. The highest BCUT2D eigenvalue weighted by molar-refractivity contribution is 7.16. The van der Waals surface area contributed by atoms with Crippen LogP contribution in [0.1, 0.15) is 40.3 Å². The van der Waals surface area contributed by atoms with Gasteiger partial charge in [-0.1, -0.05) is 67.9 Å². The van der Waals surface area contributed by atoms with Crippen LogP contribution >= 0.6 is 22.7 Å². The van der Waals surface area contributed by atoms with E-state index in [2.05, 4.69) is 115 Å². The van der Waals surface area contributed by atoms with E-state index in [1.54, 1.807) is 6.08 Å². The number of ether oxygens (including phenoxy) is 1. The van der Waals surface area contributed by atoms with E-state index in [-0.39, 0.29) is 23.3 Å². The van der Waals surface area contributed by atoms with Crippen LogP contribution in [0.3, 0.4) is 0 Å². The molecule has 0 unspecified atom stereocenters. The fraction of sp³-hybridized carbons (Fsp3) is 0.0909. The number of anilines is 3. The van der Waals surface area contributed by atoms with Gasteiger partial charge in [0.05, 0.1) is 6.57 Å². The Balaban J connectivity index is 1.27. The second-order valence-electron chi connectivity index (χ2n) is 13.0. The lowest BCUT2D eigenvalue weighted by Crippen LogP contribution is -2.16. The van der Waals surface area contributed by atoms with Crippen LogP contribution in [0.5, 0.6) is 0 Å². The van der Waals surface area contributed by atoms with Gasteiger partial charge in [-0.15, -0.1) is 22.7 Å². The number of nitriles is 1. The average Bonchev–Trinajstić information content (AvgIpc) is 3.88. The molecule has 53 heavy (non-hydrogen) atoms. The largest absolute Gasteiger partial charge is 0.486 e. The number of carboxylic acids is 1. The number of hydrogen-bond acceptors (Lipinski definition) is 7. The van der Waals surface area contributed by atoms with Gasteiger partial charge in [0.2, 0.25) is 5.76 Å². The molecule has 0 amide bonds. The maximum atomic E-state index is 11.4. The van der Waals surface area contributed by atoms with Crippen molar-refractivity contribution < 1.29 is 19.4 Å². The Hall–Kier alpha value is -6.52. The van der Waals surface area contributed by atoms with Crippen molar-refractivity contribution in [2.75, 3.05) is 4.90 Å². The zero-order chi connectivity index (χ0) is 37.3. The lowest BCUT2D eigenvalue weighted by atomic mass is 9.82. The molecule has 0 saturated heterocycles. The van der Waals surface area contributed by atoms with Gasteiger partial charge in [-0.05, 0) is 107 Å². The summed E-state index contributed by atoms with van der Waals surface area (Å²) < 4.78 is 4.75. The first-order valence-electron chi connectivity index (χ1n) is 16.6. The van der Waals surface area contributed by atoms with Crippen LogP contribution in [0.4, 0.5) is 17.1 Å². The van der Waals surface area contributed by atoms with Crippen molar-refractivity contribution in [2.45, 2.75) is 26.2 Å². The topological polar surface area (TPSA) is 95.0 Å². The monoisotopic (exact) mass is 729 g/mol. The van der Waals surface area contributed by atoms with E-state index in [1.165, 1.54) is 56.6 Å². The van der Waals surface area contributed by atoms with Crippen LogP contribution in [0.2, 0.25) is 0 Å². The molecule has 0 fully saturated rings. The number of thiophene rings is 2. The summed E-state index contributed by atoms with van der Waals surface area (Å²) in [7, 11) is 0. The Kier molecular flexibility index (Phi) is 9.38. The number of aliphatic carboxylic acids is 1. The predicted molar refractivity (Wildman–Crippen MR) is 213 cm³/mol. The number of fused-ring (bicyclic) bond motifs is 3. The van der Waals surface area contributed by atoms with E-state index >= 15 is 0 Å². The quantitative estimate of drug-likeness (QED) is 0.0496. The van der Waals surface area contributed by atoms with Gasteiger partial charge in [-0.3, -0.25) is 9.59 Å². The van der Waals surface area contributed by atoms with Crippen LogP contribution in [0.25, 0.3) is 49.0 Å². The standard InChI is InChI=1S/C44H31N3O4S2/c1-27-5-17-36-37-18-14-32(22-39(37)44(2,3)38(36)21-27)47(30-10-6-28(7-11-30)41-19-15-34(52-41)23-33(25-45)51-26-48)31-12-8-29(9-13-31)42-20-16-35(53-42)24-40(46-4)43(49)50/h5-24,26H,1-3H3,(H,49,50)/b33-23+,40-24-. The number of nitrogens with zero attached hydrogens (tertiary/aromatic N) is 3. The second-order valence-corrected chi connectivity index (χ2v) is 15.2. The minimum absolute atomic E-state index is 0.0649. The second kappa shape index (κ2) is 14.2. The Morgan fingerprint density at radius 2 is 1.32 bits per heavy atom. The molecular weight excluding hydrogens is 699 g/mol. The van der Waals surface area contributed by atoms with Crippen LogP contribution < -0.4 is 4.90 Å². The first-order chi connectivity index (χ1) is 25.6. The molecule has 6 aromatic rings. The van der Waals surface area contributed by atoms with Crippen molar-refractivity contribution in [1.29, 1.82) is 5.26 Å². The minimum Gasteiger partial charge on any atom is -0.486 e. The van der Waals surface area contributed by atoms with Crippen molar-refractivity contribution in [3.63, 3.8) is 0 Å². The van der Waals surface area contributed by atoms with E-state index in [9.17, 15) is 20.0 Å². The zero-order valence-electron chi connectivity index (χ0n) is 29.0. The Labute approximate surface area is 315 Å². The Morgan fingerprint density at radius 1 is 0.792 bits per heavy atom. The third-order valence-corrected chi connectivity index (χ3v) is 11.5. The van der Waals surface area contributed by atoms with E-state index < -0.39 is 5.97 Å². The summed E-state index contributed by atoms with van der Waals surface area (Å²) in [6.07, 6.45) is 2.95. The highest BCUT2D eigenvalue weighted by Gasteiger charge is 2.36. The fourth-order valence-corrected chi connectivity index (χ4v) is 8.59. The number of allylic oxidation sites excluding steroid dienone is 1. The van der Waals surface area contributed by atoms with Gasteiger partial charge in [0.15, 0.2) is 0 Å². The maximum Gasteiger partial charge on any atom is 0.333 e. The summed E-state index contributed by atoms with van der Waals surface area (Å²) in [5.74, 6) is -1.31. The highest BCUT2D eigenvalue weighted by Crippen LogP contribution is 2.51. The number of benzene rings is 4. The van der Waals surface area contributed by atoms with Crippen molar-refractivity contribution in [1.82, 2.24) is 0 Å². The summed E-state index contributed by atoms with van der Waals surface area (Å²) >= 11 is 2.93. The number of carbonyl (C=O) groups is 2. The van der Waals surface area contributed by atoms with Gasteiger partial charge in [0.1, 0.15) is 6.07 Å². The van der Waals surface area contributed by atoms with Gasteiger partial charge < -0.3 is 14.7 Å². The first-order valence-corrected chi connectivity index (χ1v) is 18.2. The molecular formula is C44H31N3O4S2. The molecule has 0 spiro atoms. The van der Waals surface area contributed by atoms with Gasteiger partial charge in [-0.25, -0.2) is 4.85 Å². The van der Waals surface area contributed by atoms with E-state index in [1.807, 2.05) is 30.3 Å². The average molecular weight is 730 g/mol. The molecule has 2 heterocycles. The van der Waals surface area contributed by atoms with Gasteiger partial charge in [-0.2, -0.15) is 5.26 Å². The molecule has 2 aromatic heterocycles. The summed E-state index contributed by atoms with van der Waals surface area (Å²) in [5.41, 5.74) is 10.8. The predicted octanol–water partition coefficient (Wildman–Crippen LogP) is 11.6. The normalized spacial score (nSPS) is 13.0. The summed E-state index contributed by atoms with van der Waals surface area (Å²) in [5, 5.41) is 18.5. The number of carbonyl (C=O) groups excluding carboxylic acids is 1. The van der Waals surface area contributed by atoms with Crippen molar-refractivity contribution in [2.24, 2.45) is 0 Å². The van der Waals surface area contributed by atoms with E-state index in [4.69, 9.17) is 11.3 Å². The summed E-state index contributed by atoms with van der Waals surface area (Å²) in [6.45, 7) is 14.1. The molecule has 0 bridgehead atoms. The lowest BCUT2D eigenvalue weighted by molar-refractivity contribution is -0.132.